The van der Waals surface area contributed by atoms with Crippen molar-refractivity contribution in [2.45, 2.75) is 32.2 Å². The fourth-order valence-electron chi connectivity index (χ4n) is 2.43. The summed E-state index contributed by atoms with van der Waals surface area (Å²) in [5.74, 6) is -0.00843. The predicted molar refractivity (Wildman–Crippen MR) is 67.3 cm³/mol. The lowest BCUT2D eigenvalue weighted by atomic mass is 9.86. The van der Waals surface area contributed by atoms with Gasteiger partial charge in [-0.05, 0) is 24.3 Å². The van der Waals surface area contributed by atoms with Gasteiger partial charge in [-0.3, -0.25) is 4.79 Å². The lowest BCUT2D eigenvalue weighted by molar-refractivity contribution is -0.138. The first-order chi connectivity index (χ1) is 8.18. The number of hydrogen-bond donors (Lipinski definition) is 0. The molecule has 4 heteroatoms. The summed E-state index contributed by atoms with van der Waals surface area (Å²) in [6.07, 6.45) is 3.42. The fourth-order valence-corrected chi connectivity index (χ4v) is 3.18. The van der Waals surface area contributed by atoms with E-state index in [1.807, 2.05) is 17.5 Å². The summed E-state index contributed by atoms with van der Waals surface area (Å²) in [5.41, 5.74) is -0.744. The van der Waals surface area contributed by atoms with E-state index in [9.17, 15) is 10.1 Å². The van der Waals surface area contributed by atoms with Gasteiger partial charge in [0.05, 0.1) is 12.6 Å². The number of carbonyl (C=O) groups is 1. The summed E-state index contributed by atoms with van der Waals surface area (Å²) in [4.78, 5) is 15.2. The van der Waals surface area contributed by atoms with Gasteiger partial charge in [0.25, 0.3) is 0 Å². The predicted octanol–water partition coefficient (Wildman–Crippen LogP) is 2.79. The molecule has 0 unspecified atom stereocenters. The second-order valence-corrected chi connectivity index (χ2v) is 5.67. The minimum atomic E-state index is -0.744. The molecular formula is C13H16N2OS. The van der Waals surface area contributed by atoms with E-state index in [-0.39, 0.29) is 5.91 Å². The summed E-state index contributed by atoms with van der Waals surface area (Å²) in [6.45, 7) is 0.611. The van der Waals surface area contributed by atoms with Gasteiger partial charge in [-0.25, -0.2) is 0 Å². The van der Waals surface area contributed by atoms with Crippen LogP contribution in [0.4, 0.5) is 0 Å². The number of carbonyl (C=O) groups excluding carboxylic acids is 1. The van der Waals surface area contributed by atoms with Gasteiger partial charge >= 0.3 is 0 Å². The first kappa shape index (κ1) is 12.1. The van der Waals surface area contributed by atoms with Crippen LogP contribution in [0.5, 0.6) is 0 Å². The van der Waals surface area contributed by atoms with Crippen molar-refractivity contribution >= 4 is 17.2 Å². The zero-order valence-corrected chi connectivity index (χ0v) is 10.8. The maximum Gasteiger partial charge on any atom is 0.243 e. The molecule has 0 atom stereocenters. The van der Waals surface area contributed by atoms with E-state index >= 15 is 0 Å². The van der Waals surface area contributed by atoms with E-state index in [4.69, 9.17) is 0 Å². The molecule has 1 aromatic rings. The van der Waals surface area contributed by atoms with Crippen LogP contribution >= 0.6 is 11.3 Å². The lowest BCUT2D eigenvalue weighted by Crippen LogP contribution is -2.39. The van der Waals surface area contributed by atoms with Crippen molar-refractivity contribution < 1.29 is 4.79 Å². The SMILES string of the molecule is CN(Cc1cccs1)C(=O)C1(C#N)CCCC1. The van der Waals surface area contributed by atoms with Gasteiger partial charge in [0.2, 0.25) is 5.91 Å². The first-order valence-corrected chi connectivity index (χ1v) is 6.75. The second-order valence-electron chi connectivity index (χ2n) is 4.64. The van der Waals surface area contributed by atoms with Crippen LogP contribution < -0.4 is 0 Å². The zero-order chi connectivity index (χ0) is 12.3. The van der Waals surface area contributed by atoms with E-state index in [2.05, 4.69) is 6.07 Å². The van der Waals surface area contributed by atoms with Crippen molar-refractivity contribution in [1.82, 2.24) is 4.90 Å². The highest BCUT2D eigenvalue weighted by atomic mass is 32.1. The van der Waals surface area contributed by atoms with Gasteiger partial charge < -0.3 is 4.90 Å². The first-order valence-electron chi connectivity index (χ1n) is 5.87. The maximum absolute atomic E-state index is 12.3. The van der Waals surface area contributed by atoms with Crippen molar-refractivity contribution in [1.29, 1.82) is 5.26 Å². The standard InChI is InChI=1S/C13H16N2OS/c1-15(9-11-5-4-8-17-11)12(16)13(10-14)6-2-3-7-13/h4-5,8H,2-3,6-7,9H2,1H3. The molecule has 0 aromatic carbocycles. The normalized spacial score (nSPS) is 17.6. The largest absolute Gasteiger partial charge is 0.339 e. The highest BCUT2D eigenvalue weighted by molar-refractivity contribution is 7.09. The average molecular weight is 248 g/mol. The van der Waals surface area contributed by atoms with Gasteiger partial charge in [-0.1, -0.05) is 18.9 Å². The zero-order valence-electron chi connectivity index (χ0n) is 9.98. The Morgan fingerprint density at radius 3 is 2.82 bits per heavy atom. The third-order valence-electron chi connectivity index (χ3n) is 3.40. The van der Waals surface area contributed by atoms with Crippen LogP contribution in [0, 0.1) is 16.7 Å². The molecule has 0 aliphatic heterocycles. The second kappa shape index (κ2) is 4.89. The molecular weight excluding hydrogens is 232 g/mol. The van der Waals surface area contributed by atoms with E-state index in [0.717, 1.165) is 30.6 Å². The monoisotopic (exact) mass is 248 g/mol. The van der Waals surface area contributed by atoms with Crippen molar-refractivity contribution in [3.63, 3.8) is 0 Å². The molecule has 0 bridgehead atoms. The number of amides is 1. The van der Waals surface area contributed by atoms with Gasteiger partial charge in [0.15, 0.2) is 0 Å². The van der Waals surface area contributed by atoms with E-state index in [1.54, 1.807) is 23.3 Å². The van der Waals surface area contributed by atoms with Gasteiger partial charge in [0.1, 0.15) is 5.41 Å². The molecule has 1 aliphatic rings. The molecule has 0 radical (unpaired) electrons. The number of thiophene rings is 1. The molecule has 90 valence electrons. The Bertz CT molecular complexity index is 427. The average Bonchev–Trinajstić information content (AvgIpc) is 2.99. The highest BCUT2D eigenvalue weighted by Gasteiger charge is 2.43. The van der Waals surface area contributed by atoms with E-state index in [1.165, 1.54) is 0 Å². The molecule has 1 heterocycles. The van der Waals surface area contributed by atoms with Crippen molar-refractivity contribution in [3.8, 4) is 6.07 Å². The van der Waals surface area contributed by atoms with Gasteiger partial charge in [0, 0.05) is 11.9 Å². The Balaban J connectivity index is 2.06. The van der Waals surface area contributed by atoms with Crippen LogP contribution in [0.2, 0.25) is 0 Å². The molecule has 2 rings (SSSR count). The Hall–Kier alpha value is -1.34. The third-order valence-corrected chi connectivity index (χ3v) is 4.26. The van der Waals surface area contributed by atoms with Crippen molar-refractivity contribution in [2.24, 2.45) is 5.41 Å². The minimum absolute atomic E-state index is 0.00843. The molecule has 0 spiro atoms. The maximum atomic E-state index is 12.3. The number of rotatable bonds is 3. The molecule has 1 saturated carbocycles. The summed E-state index contributed by atoms with van der Waals surface area (Å²) < 4.78 is 0. The lowest BCUT2D eigenvalue weighted by Gasteiger charge is -2.26. The quantitative estimate of drug-likeness (QED) is 0.825. The number of hydrogen-bond acceptors (Lipinski definition) is 3. The molecule has 1 amide bonds. The van der Waals surface area contributed by atoms with Crippen LogP contribution in [0.1, 0.15) is 30.6 Å². The fraction of sp³-hybridized carbons (Fsp3) is 0.538. The number of nitriles is 1. The highest BCUT2D eigenvalue weighted by Crippen LogP contribution is 2.39. The summed E-state index contributed by atoms with van der Waals surface area (Å²) in [7, 11) is 1.79. The van der Waals surface area contributed by atoms with Gasteiger partial charge in [-0.15, -0.1) is 11.3 Å². The van der Waals surface area contributed by atoms with Gasteiger partial charge in [-0.2, -0.15) is 5.26 Å². The Morgan fingerprint density at radius 2 is 2.29 bits per heavy atom. The van der Waals surface area contributed by atoms with Crippen LogP contribution in [0.25, 0.3) is 0 Å². The molecule has 1 fully saturated rings. The molecule has 0 saturated heterocycles. The Kier molecular flexibility index (Phi) is 3.49. The van der Waals surface area contributed by atoms with Crippen LogP contribution in [0.3, 0.4) is 0 Å². The Morgan fingerprint density at radius 1 is 1.59 bits per heavy atom. The molecule has 0 N–H and O–H groups in total. The molecule has 1 aromatic heterocycles. The van der Waals surface area contributed by atoms with Crippen LogP contribution in [-0.2, 0) is 11.3 Å². The molecule has 1 aliphatic carbocycles. The summed E-state index contributed by atoms with van der Waals surface area (Å²) in [5, 5.41) is 11.3. The summed E-state index contributed by atoms with van der Waals surface area (Å²) in [6, 6.07) is 6.25. The topological polar surface area (TPSA) is 44.1 Å². The molecule has 3 nitrogen and oxygen atoms in total. The Labute approximate surface area is 106 Å². The van der Waals surface area contributed by atoms with Crippen LogP contribution in [-0.4, -0.2) is 17.9 Å². The van der Waals surface area contributed by atoms with Crippen molar-refractivity contribution in [2.75, 3.05) is 7.05 Å². The van der Waals surface area contributed by atoms with Crippen molar-refractivity contribution in [3.05, 3.63) is 22.4 Å². The number of nitrogens with zero attached hydrogens (tertiary/aromatic N) is 2. The third kappa shape index (κ3) is 2.34. The smallest absolute Gasteiger partial charge is 0.243 e. The van der Waals surface area contributed by atoms with Crippen LogP contribution in [0.15, 0.2) is 17.5 Å². The van der Waals surface area contributed by atoms with E-state index in [0.29, 0.717) is 6.54 Å². The summed E-state index contributed by atoms with van der Waals surface area (Å²) >= 11 is 1.64. The molecule has 17 heavy (non-hydrogen) atoms. The van der Waals surface area contributed by atoms with E-state index < -0.39 is 5.41 Å². The minimum Gasteiger partial charge on any atom is -0.339 e.